The van der Waals surface area contributed by atoms with Crippen molar-refractivity contribution in [2.75, 3.05) is 11.4 Å². The fourth-order valence-corrected chi connectivity index (χ4v) is 3.45. The number of hydrogen-bond acceptors (Lipinski definition) is 4. The average Bonchev–Trinajstić information content (AvgIpc) is 2.60. The predicted molar refractivity (Wildman–Crippen MR) is 96.3 cm³/mol. The van der Waals surface area contributed by atoms with Gasteiger partial charge >= 0.3 is 12.1 Å². The Morgan fingerprint density at radius 2 is 1.79 bits per heavy atom. The van der Waals surface area contributed by atoms with Gasteiger partial charge in [0.2, 0.25) is 0 Å². The highest BCUT2D eigenvalue weighted by Gasteiger charge is 2.49. The number of carbonyl (C=O) groups is 1. The largest absolute Gasteiger partial charge is 0.484 e. The third-order valence-corrected chi connectivity index (χ3v) is 4.78. The van der Waals surface area contributed by atoms with Crippen molar-refractivity contribution in [1.82, 2.24) is 0 Å². The number of aliphatic hydroxyl groups is 1. The van der Waals surface area contributed by atoms with E-state index in [0.29, 0.717) is 5.69 Å². The number of aliphatic hydroxyl groups excluding tert-OH is 1. The van der Waals surface area contributed by atoms with E-state index in [1.165, 1.54) is 30.9 Å². The predicted octanol–water partition coefficient (Wildman–Crippen LogP) is 3.87. The van der Waals surface area contributed by atoms with Crippen molar-refractivity contribution in [2.45, 2.75) is 37.8 Å². The molecule has 1 heterocycles. The fraction of sp³-hybridized carbons (Fsp3) is 0.350. The second-order valence-electron chi connectivity index (χ2n) is 7.17. The molecule has 0 amide bonds. The van der Waals surface area contributed by atoms with Crippen molar-refractivity contribution in [3.8, 4) is 5.75 Å². The first kappa shape index (κ1) is 20.0. The van der Waals surface area contributed by atoms with Gasteiger partial charge in [-0.3, -0.25) is 4.79 Å². The lowest BCUT2D eigenvalue weighted by atomic mass is 9.84. The second kappa shape index (κ2) is 7.01. The molecule has 5 nitrogen and oxygen atoms in total. The lowest BCUT2D eigenvalue weighted by Crippen LogP contribution is -2.54. The topological polar surface area (TPSA) is 70.0 Å². The molecule has 8 heteroatoms. The molecule has 3 rings (SSSR count). The van der Waals surface area contributed by atoms with E-state index in [4.69, 9.17) is 4.74 Å². The molecule has 0 fully saturated rings. The molecule has 0 bridgehead atoms. The maximum Gasteiger partial charge on any atom is 0.419 e. The molecule has 0 saturated carbocycles. The summed E-state index contributed by atoms with van der Waals surface area (Å²) in [5.74, 6) is -1.56. The van der Waals surface area contributed by atoms with Gasteiger partial charge in [-0.25, -0.2) is 0 Å². The Morgan fingerprint density at radius 1 is 1.14 bits per heavy atom. The molecule has 0 spiro atoms. The van der Waals surface area contributed by atoms with Gasteiger partial charge in [0.15, 0.2) is 0 Å². The van der Waals surface area contributed by atoms with Crippen molar-refractivity contribution in [2.24, 2.45) is 0 Å². The highest BCUT2D eigenvalue weighted by molar-refractivity contribution is 5.74. The minimum atomic E-state index is -4.65. The lowest BCUT2D eigenvalue weighted by Gasteiger charge is -2.47. The van der Waals surface area contributed by atoms with E-state index in [1.807, 2.05) is 0 Å². The second-order valence-corrected chi connectivity index (χ2v) is 7.17. The molecule has 28 heavy (non-hydrogen) atoms. The van der Waals surface area contributed by atoms with Crippen molar-refractivity contribution in [1.29, 1.82) is 0 Å². The number of fused-ring (bicyclic) bond motifs is 1. The first-order chi connectivity index (χ1) is 13.0. The van der Waals surface area contributed by atoms with Gasteiger partial charge in [-0.05, 0) is 32.0 Å². The average molecular weight is 395 g/mol. The summed E-state index contributed by atoms with van der Waals surface area (Å²) in [5.41, 5.74) is -1.77. The Bertz CT molecular complexity index is 867. The van der Waals surface area contributed by atoms with Crippen LogP contribution in [0.15, 0.2) is 48.5 Å². The number of aliphatic carboxylic acids is 1. The lowest BCUT2D eigenvalue weighted by molar-refractivity contribution is -0.143. The van der Waals surface area contributed by atoms with Gasteiger partial charge in [0, 0.05) is 11.3 Å². The van der Waals surface area contributed by atoms with Gasteiger partial charge in [0.05, 0.1) is 11.6 Å². The number of anilines is 1. The van der Waals surface area contributed by atoms with Crippen molar-refractivity contribution < 1.29 is 32.9 Å². The first-order valence-corrected chi connectivity index (χ1v) is 8.63. The Hall–Kier alpha value is -2.74. The summed E-state index contributed by atoms with van der Waals surface area (Å²) in [6.45, 7) is 2.45. The van der Waals surface area contributed by atoms with Crippen LogP contribution < -0.4 is 9.64 Å². The van der Waals surface area contributed by atoms with Crippen LogP contribution in [0, 0.1) is 0 Å². The molecule has 0 aromatic heterocycles. The van der Waals surface area contributed by atoms with Crippen molar-refractivity contribution >= 4 is 11.7 Å². The Kier molecular flexibility index (Phi) is 5.01. The van der Waals surface area contributed by atoms with Crippen LogP contribution in [0.25, 0.3) is 0 Å². The normalized spacial score (nSPS) is 20.8. The summed E-state index contributed by atoms with van der Waals surface area (Å²) in [6.07, 6.45) is -5.93. The standard InChI is InChI=1S/C20H20F3NO4/c1-19(2)18(27)16(24(11-15(25)26)12-7-4-3-5-8-12)13-9-6-10-14(17(13)28-19)20(21,22)23/h3-10,16,18,27H,11H2,1-2H3,(H,25,26)/t16-,18+/m0/s1. The number of alkyl halides is 3. The summed E-state index contributed by atoms with van der Waals surface area (Å²) >= 11 is 0. The summed E-state index contributed by atoms with van der Waals surface area (Å²) < 4.78 is 46.2. The van der Waals surface area contributed by atoms with Gasteiger partial charge < -0.3 is 19.8 Å². The van der Waals surface area contributed by atoms with Gasteiger partial charge in [0.25, 0.3) is 0 Å². The van der Waals surface area contributed by atoms with Crippen LogP contribution in [0.4, 0.5) is 18.9 Å². The molecule has 0 unspecified atom stereocenters. The molecular formula is C20H20F3NO4. The summed E-state index contributed by atoms with van der Waals surface area (Å²) in [5, 5.41) is 20.3. The molecule has 2 aromatic rings. The molecule has 0 saturated heterocycles. The van der Waals surface area contributed by atoms with Crippen molar-refractivity contribution in [3.05, 3.63) is 59.7 Å². The van der Waals surface area contributed by atoms with Gasteiger partial charge in [-0.2, -0.15) is 13.2 Å². The molecule has 1 aliphatic heterocycles. The maximum absolute atomic E-state index is 13.5. The van der Waals surface area contributed by atoms with E-state index in [-0.39, 0.29) is 11.3 Å². The van der Waals surface area contributed by atoms with Gasteiger partial charge in [0.1, 0.15) is 24.0 Å². The van der Waals surface area contributed by atoms with Crippen LogP contribution in [-0.4, -0.2) is 34.4 Å². The zero-order valence-electron chi connectivity index (χ0n) is 15.3. The zero-order valence-corrected chi connectivity index (χ0v) is 15.3. The number of rotatable bonds is 4. The van der Waals surface area contributed by atoms with E-state index >= 15 is 0 Å². The SMILES string of the molecule is CC1(C)Oc2c(cccc2C(F)(F)F)[C@H](N(CC(=O)O)c2ccccc2)[C@H]1O. The quantitative estimate of drug-likeness (QED) is 0.823. The van der Waals surface area contributed by atoms with Crippen LogP contribution in [-0.2, 0) is 11.0 Å². The molecular weight excluding hydrogens is 375 g/mol. The molecule has 2 aromatic carbocycles. The van der Waals surface area contributed by atoms with E-state index in [2.05, 4.69) is 0 Å². The van der Waals surface area contributed by atoms with E-state index in [9.17, 15) is 28.2 Å². The summed E-state index contributed by atoms with van der Waals surface area (Å²) in [7, 11) is 0. The monoisotopic (exact) mass is 395 g/mol. The summed E-state index contributed by atoms with van der Waals surface area (Å²) in [6, 6.07) is 10.9. The maximum atomic E-state index is 13.5. The number of ether oxygens (including phenoxy) is 1. The smallest absolute Gasteiger partial charge is 0.419 e. The number of benzene rings is 2. The van der Waals surface area contributed by atoms with Crippen LogP contribution in [0.5, 0.6) is 5.75 Å². The highest BCUT2D eigenvalue weighted by atomic mass is 19.4. The van der Waals surface area contributed by atoms with Crippen LogP contribution in [0.1, 0.15) is 31.0 Å². The highest BCUT2D eigenvalue weighted by Crippen LogP contribution is 2.49. The van der Waals surface area contributed by atoms with E-state index in [0.717, 1.165) is 6.07 Å². The number of carboxylic acids is 1. The third-order valence-electron chi connectivity index (χ3n) is 4.78. The van der Waals surface area contributed by atoms with E-state index < -0.39 is 42.0 Å². The minimum Gasteiger partial charge on any atom is -0.484 e. The van der Waals surface area contributed by atoms with E-state index in [1.54, 1.807) is 30.3 Å². The fourth-order valence-electron chi connectivity index (χ4n) is 3.45. The Labute approximate surface area is 160 Å². The molecule has 2 N–H and O–H groups in total. The van der Waals surface area contributed by atoms with Crippen LogP contribution in [0.3, 0.4) is 0 Å². The Morgan fingerprint density at radius 3 is 2.36 bits per heavy atom. The molecule has 1 aliphatic rings. The molecule has 0 aliphatic carbocycles. The summed E-state index contributed by atoms with van der Waals surface area (Å²) in [4.78, 5) is 12.9. The van der Waals surface area contributed by atoms with Crippen LogP contribution >= 0.6 is 0 Å². The molecule has 2 atom stereocenters. The Balaban J connectivity index is 2.23. The molecule has 150 valence electrons. The molecule has 0 radical (unpaired) electrons. The number of nitrogens with zero attached hydrogens (tertiary/aromatic N) is 1. The number of para-hydroxylation sites is 2. The third kappa shape index (κ3) is 3.64. The zero-order chi connectivity index (χ0) is 20.7. The van der Waals surface area contributed by atoms with Gasteiger partial charge in [-0.15, -0.1) is 0 Å². The number of hydrogen-bond donors (Lipinski definition) is 2. The van der Waals surface area contributed by atoms with Crippen LogP contribution in [0.2, 0.25) is 0 Å². The first-order valence-electron chi connectivity index (χ1n) is 8.63. The number of halogens is 3. The van der Waals surface area contributed by atoms with Crippen molar-refractivity contribution in [3.63, 3.8) is 0 Å². The number of carboxylic acid groups (broad SMARTS) is 1. The minimum absolute atomic E-state index is 0.0896. The van der Waals surface area contributed by atoms with Gasteiger partial charge in [-0.1, -0.05) is 30.3 Å².